The molecule has 5 aromatic rings. The van der Waals surface area contributed by atoms with Gasteiger partial charge in [0.15, 0.2) is 22.8 Å². The Morgan fingerprint density at radius 3 is 2.26 bits per heavy atom. The van der Waals surface area contributed by atoms with Gasteiger partial charge in [-0.05, 0) is 36.4 Å². The van der Waals surface area contributed by atoms with E-state index < -0.39 is 34.4 Å². The molecule has 2 aromatic heterocycles. The van der Waals surface area contributed by atoms with E-state index in [-0.39, 0.29) is 51.0 Å². The lowest BCUT2D eigenvalue weighted by atomic mass is 9.99. The summed E-state index contributed by atoms with van der Waals surface area (Å²) in [5, 5.41) is 40.9. The van der Waals surface area contributed by atoms with Gasteiger partial charge in [0.25, 0.3) is 0 Å². The van der Waals surface area contributed by atoms with E-state index in [1.807, 2.05) is 0 Å². The lowest BCUT2D eigenvalue weighted by molar-refractivity contribution is -0.139. The van der Waals surface area contributed by atoms with E-state index in [4.69, 9.17) is 23.0 Å². The third-order valence-electron chi connectivity index (χ3n) is 6.31. The van der Waals surface area contributed by atoms with Crippen LogP contribution in [0.15, 0.2) is 56.1 Å². The van der Waals surface area contributed by atoms with Gasteiger partial charge in [-0.25, -0.2) is 0 Å². The Kier molecular flexibility index (Phi) is 6.19. The van der Waals surface area contributed by atoms with Gasteiger partial charge in [0, 0.05) is 17.2 Å². The van der Waals surface area contributed by atoms with E-state index in [0.717, 1.165) is 12.1 Å². The first-order valence-electron chi connectivity index (χ1n) is 11.5. The van der Waals surface area contributed by atoms with Crippen LogP contribution < -0.4 is 14.9 Å². The maximum absolute atomic E-state index is 13.2. The molecule has 11 nitrogen and oxygen atoms in total. The highest BCUT2D eigenvalue weighted by Crippen LogP contribution is 2.46. The van der Waals surface area contributed by atoms with Gasteiger partial charge in [-0.3, -0.25) is 9.59 Å². The first kappa shape index (κ1) is 25.3. The fraction of sp³-hybridized carbons (Fsp3) is 0.143. The number of rotatable bonds is 6. The monoisotopic (exact) mass is 534 g/mol. The molecule has 0 saturated heterocycles. The standard InChI is InChI=1S/C28H22O11/c1-35-13-5-7-19(36-2)14(9-13)27-15(10-21(32)37-3)22-20(38-27)11-18(31)23-24(33)25(34)26(39-28(22)23)12-4-6-16(29)17(30)8-12/h4-9,11,29-31,34H,10H2,1-3H3. The average molecular weight is 534 g/mol. The maximum Gasteiger partial charge on any atom is 0.310 e. The van der Waals surface area contributed by atoms with Crippen molar-refractivity contribution in [3.05, 3.63) is 58.3 Å². The lowest BCUT2D eigenvalue weighted by Gasteiger charge is -2.11. The van der Waals surface area contributed by atoms with E-state index >= 15 is 0 Å². The smallest absolute Gasteiger partial charge is 0.310 e. The molecular weight excluding hydrogens is 512 g/mol. The molecule has 3 aromatic carbocycles. The third-order valence-corrected chi connectivity index (χ3v) is 6.31. The minimum Gasteiger partial charge on any atom is -0.507 e. The van der Waals surface area contributed by atoms with Crippen LogP contribution in [0.4, 0.5) is 0 Å². The van der Waals surface area contributed by atoms with Gasteiger partial charge in [-0.1, -0.05) is 0 Å². The number of hydrogen-bond acceptors (Lipinski definition) is 11. The lowest BCUT2D eigenvalue weighted by Crippen LogP contribution is -2.06. The Balaban J connectivity index is 1.93. The number of benzene rings is 3. The molecule has 5 rings (SSSR count). The zero-order valence-corrected chi connectivity index (χ0v) is 20.9. The second kappa shape index (κ2) is 9.53. The molecule has 4 N–H and O–H groups in total. The number of phenolic OH excluding ortho intramolecular Hbond substituents is 3. The number of ether oxygens (including phenoxy) is 3. The van der Waals surface area contributed by atoms with Crippen molar-refractivity contribution in [1.29, 1.82) is 0 Å². The number of fused-ring (bicyclic) bond motifs is 3. The van der Waals surface area contributed by atoms with E-state index in [2.05, 4.69) is 0 Å². The van der Waals surface area contributed by atoms with Crippen molar-refractivity contribution in [2.75, 3.05) is 21.3 Å². The van der Waals surface area contributed by atoms with Crippen molar-refractivity contribution in [1.82, 2.24) is 0 Å². The molecule has 11 heteroatoms. The highest BCUT2D eigenvalue weighted by Gasteiger charge is 2.28. The molecule has 200 valence electrons. The minimum atomic E-state index is -0.969. The second-order valence-electron chi connectivity index (χ2n) is 8.51. The van der Waals surface area contributed by atoms with Crippen LogP contribution in [0.2, 0.25) is 0 Å². The molecule has 0 atom stereocenters. The number of methoxy groups -OCH3 is 3. The van der Waals surface area contributed by atoms with Crippen LogP contribution in [-0.2, 0) is 16.0 Å². The zero-order valence-electron chi connectivity index (χ0n) is 20.9. The highest BCUT2D eigenvalue weighted by molar-refractivity contribution is 6.10. The summed E-state index contributed by atoms with van der Waals surface area (Å²) in [6, 6.07) is 9.69. The molecule has 39 heavy (non-hydrogen) atoms. The largest absolute Gasteiger partial charge is 0.507 e. The van der Waals surface area contributed by atoms with Crippen LogP contribution in [0, 0.1) is 0 Å². The van der Waals surface area contributed by atoms with Gasteiger partial charge in [0.05, 0.1) is 38.7 Å². The number of esters is 1. The normalized spacial score (nSPS) is 11.2. The van der Waals surface area contributed by atoms with Crippen LogP contribution in [0.25, 0.3) is 44.6 Å². The van der Waals surface area contributed by atoms with E-state index in [0.29, 0.717) is 17.1 Å². The third kappa shape index (κ3) is 4.09. The first-order valence-corrected chi connectivity index (χ1v) is 11.5. The fourth-order valence-electron chi connectivity index (χ4n) is 4.42. The molecule has 0 unspecified atom stereocenters. The van der Waals surface area contributed by atoms with Crippen molar-refractivity contribution < 1.29 is 48.3 Å². The van der Waals surface area contributed by atoms with E-state index in [1.54, 1.807) is 18.2 Å². The molecule has 2 heterocycles. The number of phenols is 3. The summed E-state index contributed by atoms with van der Waals surface area (Å²) in [4.78, 5) is 25.8. The summed E-state index contributed by atoms with van der Waals surface area (Å²) in [5.74, 6) is -2.28. The Bertz CT molecular complexity index is 1830. The van der Waals surface area contributed by atoms with Gasteiger partial charge in [-0.2, -0.15) is 0 Å². The Morgan fingerprint density at radius 2 is 1.59 bits per heavy atom. The van der Waals surface area contributed by atoms with Crippen LogP contribution in [0.1, 0.15) is 5.56 Å². The van der Waals surface area contributed by atoms with Crippen molar-refractivity contribution in [3.8, 4) is 57.1 Å². The molecule has 0 aliphatic carbocycles. The van der Waals surface area contributed by atoms with Crippen molar-refractivity contribution in [2.24, 2.45) is 0 Å². The summed E-state index contributed by atoms with van der Waals surface area (Å²) in [7, 11) is 4.15. The topological polar surface area (TPSA) is 169 Å². The van der Waals surface area contributed by atoms with Crippen molar-refractivity contribution in [3.63, 3.8) is 0 Å². The molecular formula is C28H22O11. The Hall–Kier alpha value is -5.32. The SMILES string of the molecule is COC(=O)Cc1c(-c2cc(OC)ccc2OC)oc2cc(O)c3c(=O)c(O)c(-c4ccc(O)c(O)c4)oc3c12. The quantitative estimate of drug-likeness (QED) is 0.180. The Labute approximate surface area is 219 Å². The summed E-state index contributed by atoms with van der Waals surface area (Å²) in [5.41, 5.74) is -0.376. The fourth-order valence-corrected chi connectivity index (χ4v) is 4.42. The zero-order chi connectivity index (χ0) is 28.0. The van der Waals surface area contributed by atoms with Gasteiger partial charge in [0.1, 0.15) is 34.0 Å². The number of hydrogen-bond donors (Lipinski definition) is 4. The van der Waals surface area contributed by atoms with E-state index in [1.165, 1.54) is 33.5 Å². The maximum atomic E-state index is 13.2. The van der Waals surface area contributed by atoms with Crippen LogP contribution in [-0.4, -0.2) is 47.7 Å². The van der Waals surface area contributed by atoms with Crippen molar-refractivity contribution >= 4 is 27.9 Å². The average Bonchev–Trinajstić information content (AvgIpc) is 3.28. The van der Waals surface area contributed by atoms with Crippen LogP contribution in [0.5, 0.6) is 34.5 Å². The molecule has 0 amide bonds. The van der Waals surface area contributed by atoms with Crippen LogP contribution in [0.3, 0.4) is 0 Å². The number of aromatic hydroxyl groups is 4. The first-order chi connectivity index (χ1) is 18.7. The molecule has 0 radical (unpaired) electrons. The Morgan fingerprint density at radius 1 is 0.821 bits per heavy atom. The van der Waals surface area contributed by atoms with Gasteiger partial charge in [-0.15, -0.1) is 0 Å². The second-order valence-corrected chi connectivity index (χ2v) is 8.51. The predicted octanol–water partition coefficient (Wildman–Crippen LogP) is 4.43. The molecule has 0 spiro atoms. The molecule has 0 fully saturated rings. The highest BCUT2D eigenvalue weighted by atomic mass is 16.5. The molecule has 0 saturated carbocycles. The summed E-state index contributed by atoms with van der Waals surface area (Å²) in [6.45, 7) is 0. The summed E-state index contributed by atoms with van der Waals surface area (Å²) in [6.07, 6.45) is -0.320. The summed E-state index contributed by atoms with van der Waals surface area (Å²) < 4.78 is 27.8. The number of furan rings is 1. The summed E-state index contributed by atoms with van der Waals surface area (Å²) >= 11 is 0. The van der Waals surface area contributed by atoms with Crippen LogP contribution >= 0.6 is 0 Å². The molecule has 0 aliphatic heterocycles. The molecule has 0 aliphatic rings. The predicted molar refractivity (Wildman–Crippen MR) is 139 cm³/mol. The van der Waals surface area contributed by atoms with Gasteiger partial charge >= 0.3 is 5.97 Å². The van der Waals surface area contributed by atoms with Gasteiger partial charge < -0.3 is 43.5 Å². The minimum absolute atomic E-state index is 0.0611. The van der Waals surface area contributed by atoms with Gasteiger partial charge in [0.2, 0.25) is 11.2 Å². The van der Waals surface area contributed by atoms with E-state index in [9.17, 15) is 30.0 Å². The molecule has 0 bridgehead atoms. The number of carbonyl (C=O) groups is 1. The number of carbonyl (C=O) groups excluding carboxylic acids is 1. The van der Waals surface area contributed by atoms with Crippen molar-refractivity contribution in [2.45, 2.75) is 6.42 Å².